The molecule has 0 aliphatic carbocycles. The molecule has 0 saturated carbocycles. The number of phenolic OH excluding ortho intramolecular Hbond substituents is 1. The Hall–Kier alpha value is -1.52. The normalized spacial score (nSPS) is 10.7. The molecule has 0 radical (unpaired) electrons. The maximum Gasteiger partial charge on any atom is 0.130 e. The molecule has 1 heterocycles. The summed E-state index contributed by atoms with van der Waals surface area (Å²) in [5.74, 6) is 0.243. The van der Waals surface area contributed by atoms with E-state index in [2.05, 4.69) is 5.10 Å². The molecule has 0 bridgehead atoms. The van der Waals surface area contributed by atoms with Crippen LogP contribution >= 0.6 is 11.6 Å². The van der Waals surface area contributed by atoms with Crippen molar-refractivity contribution in [3.05, 3.63) is 46.7 Å². The molecule has 0 unspecified atom stereocenters. The van der Waals surface area contributed by atoms with Crippen LogP contribution in [0.2, 0.25) is 5.15 Å². The van der Waals surface area contributed by atoms with E-state index in [0.29, 0.717) is 18.2 Å². The van der Waals surface area contributed by atoms with Crippen molar-refractivity contribution in [2.75, 3.05) is 6.54 Å². The lowest BCUT2D eigenvalue weighted by molar-refractivity contribution is 0.474. The average molecular weight is 252 g/mol. The lowest BCUT2D eigenvalue weighted by Crippen LogP contribution is -2.04. The number of nitrogens with two attached hydrogens (primary N) is 1. The highest BCUT2D eigenvalue weighted by molar-refractivity contribution is 6.30. The van der Waals surface area contributed by atoms with Gasteiger partial charge in [-0.1, -0.05) is 23.7 Å². The topological polar surface area (TPSA) is 64.1 Å². The molecule has 2 aromatic rings. The fraction of sp³-hybridized carbons (Fsp3) is 0.250. The van der Waals surface area contributed by atoms with E-state index in [4.69, 9.17) is 17.3 Å². The zero-order chi connectivity index (χ0) is 12.3. The van der Waals surface area contributed by atoms with Crippen molar-refractivity contribution in [2.45, 2.75) is 13.0 Å². The van der Waals surface area contributed by atoms with Gasteiger partial charge in [-0.2, -0.15) is 5.10 Å². The Morgan fingerprint density at radius 3 is 2.94 bits per heavy atom. The number of hydrogen-bond acceptors (Lipinski definition) is 3. The Kier molecular flexibility index (Phi) is 3.66. The lowest BCUT2D eigenvalue weighted by atomic mass is 10.2. The molecule has 0 amide bonds. The number of hydrogen-bond donors (Lipinski definition) is 2. The minimum atomic E-state index is 0.243. The Morgan fingerprint density at radius 2 is 2.24 bits per heavy atom. The molecule has 0 aliphatic rings. The maximum absolute atomic E-state index is 9.37. The molecule has 17 heavy (non-hydrogen) atoms. The van der Waals surface area contributed by atoms with Gasteiger partial charge in [0.15, 0.2) is 0 Å². The second kappa shape index (κ2) is 5.21. The smallest absolute Gasteiger partial charge is 0.130 e. The van der Waals surface area contributed by atoms with Gasteiger partial charge in [0.2, 0.25) is 0 Å². The van der Waals surface area contributed by atoms with Gasteiger partial charge in [0.05, 0.1) is 12.7 Å². The largest absolute Gasteiger partial charge is 0.508 e. The number of aromatic hydroxyl groups is 1. The molecule has 0 fully saturated rings. The fourth-order valence-corrected chi connectivity index (χ4v) is 1.92. The van der Waals surface area contributed by atoms with Gasteiger partial charge in [-0.15, -0.1) is 0 Å². The summed E-state index contributed by atoms with van der Waals surface area (Å²) in [5.41, 5.74) is 7.39. The van der Waals surface area contributed by atoms with E-state index >= 15 is 0 Å². The average Bonchev–Trinajstić information content (AvgIpc) is 2.62. The minimum absolute atomic E-state index is 0.243. The molecule has 4 nitrogen and oxygen atoms in total. The van der Waals surface area contributed by atoms with Crippen molar-refractivity contribution < 1.29 is 5.11 Å². The summed E-state index contributed by atoms with van der Waals surface area (Å²) in [7, 11) is 0. The zero-order valence-corrected chi connectivity index (χ0v) is 10.1. The van der Waals surface area contributed by atoms with E-state index < -0.39 is 0 Å². The number of rotatable bonds is 4. The Labute approximate surface area is 105 Å². The van der Waals surface area contributed by atoms with Crippen LogP contribution in [-0.4, -0.2) is 21.4 Å². The molecule has 0 atom stereocenters. The van der Waals surface area contributed by atoms with Crippen LogP contribution in [0.4, 0.5) is 0 Å². The van der Waals surface area contributed by atoms with Crippen molar-refractivity contribution >= 4 is 11.6 Å². The molecule has 0 aliphatic heterocycles. The van der Waals surface area contributed by atoms with Gasteiger partial charge in [-0.25, -0.2) is 4.68 Å². The van der Waals surface area contributed by atoms with Crippen LogP contribution in [0.25, 0.3) is 0 Å². The standard InChI is InChI=1S/C12H14ClN3O/c13-12-10(4-5-14)7-15-16(12)8-9-2-1-3-11(17)6-9/h1-3,6-7,17H,4-5,8,14H2. The number of benzene rings is 1. The number of phenols is 1. The van der Waals surface area contributed by atoms with Crippen LogP contribution in [0.3, 0.4) is 0 Å². The molecule has 3 N–H and O–H groups in total. The highest BCUT2D eigenvalue weighted by Gasteiger charge is 2.08. The number of nitrogens with zero attached hydrogens (tertiary/aromatic N) is 2. The van der Waals surface area contributed by atoms with Gasteiger partial charge in [0.1, 0.15) is 10.9 Å². The predicted octanol–water partition coefficient (Wildman–Crippen LogP) is 1.79. The van der Waals surface area contributed by atoms with Crippen molar-refractivity contribution in [3.8, 4) is 5.75 Å². The molecule has 90 valence electrons. The first-order chi connectivity index (χ1) is 8.20. The third-order valence-electron chi connectivity index (χ3n) is 2.50. The number of aromatic nitrogens is 2. The first kappa shape index (κ1) is 12.0. The summed E-state index contributed by atoms with van der Waals surface area (Å²) in [6.45, 7) is 1.09. The quantitative estimate of drug-likeness (QED) is 0.871. The van der Waals surface area contributed by atoms with Crippen LogP contribution < -0.4 is 5.73 Å². The summed E-state index contributed by atoms with van der Waals surface area (Å²) in [4.78, 5) is 0. The highest BCUT2D eigenvalue weighted by Crippen LogP contribution is 2.18. The van der Waals surface area contributed by atoms with Gasteiger partial charge in [0, 0.05) is 5.56 Å². The Morgan fingerprint density at radius 1 is 1.41 bits per heavy atom. The Balaban J connectivity index is 2.19. The first-order valence-electron chi connectivity index (χ1n) is 5.39. The second-order valence-corrected chi connectivity index (χ2v) is 4.18. The van der Waals surface area contributed by atoms with Gasteiger partial charge in [-0.3, -0.25) is 0 Å². The summed E-state index contributed by atoms with van der Waals surface area (Å²) in [6.07, 6.45) is 2.46. The van der Waals surface area contributed by atoms with Crippen LogP contribution in [0.15, 0.2) is 30.5 Å². The monoisotopic (exact) mass is 251 g/mol. The van der Waals surface area contributed by atoms with Crippen molar-refractivity contribution in [2.24, 2.45) is 5.73 Å². The summed E-state index contributed by atoms with van der Waals surface area (Å²) < 4.78 is 1.70. The SMILES string of the molecule is NCCc1cnn(Cc2cccc(O)c2)c1Cl. The summed E-state index contributed by atoms with van der Waals surface area (Å²) in [5, 5.41) is 14.2. The molecule has 5 heteroatoms. The van der Waals surface area contributed by atoms with E-state index in [1.807, 2.05) is 6.07 Å². The van der Waals surface area contributed by atoms with Crippen LogP contribution in [-0.2, 0) is 13.0 Å². The molecular weight excluding hydrogens is 238 g/mol. The summed E-state index contributed by atoms with van der Waals surface area (Å²) >= 11 is 6.18. The maximum atomic E-state index is 9.37. The van der Waals surface area contributed by atoms with E-state index in [0.717, 1.165) is 17.5 Å². The highest BCUT2D eigenvalue weighted by atomic mass is 35.5. The van der Waals surface area contributed by atoms with Crippen molar-refractivity contribution in [3.63, 3.8) is 0 Å². The molecule has 1 aromatic heterocycles. The van der Waals surface area contributed by atoms with E-state index in [9.17, 15) is 5.11 Å². The van der Waals surface area contributed by atoms with Crippen molar-refractivity contribution in [1.29, 1.82) is 0 Å². The first-order valence-corrected chi connectivity index (χ1v) is 5.76. The molecule has 2 rings (SSSR count). The van der Waals surface area contributed by atoms with Crippen molar-refractivity contribution in [1.82, 2.24) is 9.78 Å². The number of halogens is 1. The minimum Gasteiger partial charge on any atom is -0.508 e. The molecule has 0 spiro atoms. The van der Waals surface area contributed by atoms with E-state index in [1.54, 1.807) is 29.1 Å². The fourth-order valence-electron chi connectivity index (χ4n) is 1.67. The molecule has 0 saturated heterocycles. The second-order valence-electron chi connectivity index (χ2n) is 3.83. The third-order valence-corrected chi connectivity index (χ3v) is 2.94. The molecule has 1 aromatic carbocycles. The molecular formula is C12H14ClN3O. The zero-order valence-electron chi connectivity index (χ0n) is 9.31. The van der Waals surface area contributed by atoms with E-state index in [1.165, 1.54) is 0 Å². The summed E-state index contributed by atoms with van der Waals surface area (Å²) in [6, 6.07) is 7.04. The van der Waals surface area contributed by atoms with Gasteiger partial charge in [0.25, 0.3) is 0 Å². The third kappa shape index (κ3) is 2.78. The Bertz CT molecular complexity index is 510. The van der Waals surface area contributed by atoms with E-state index in [-0.39, 0.29) is 5.75 Å². The van der Waals surface area contributed by atoms with Crippen LogP contribution in [0, 0.1) is 0 Å². The lowest BCUT2D eigenvalue weighted by Gasteiger charge is -2.04. The van der Waals surface area contributed by atoms with Crippen LogP contribution in [0.5, 0.6) is 5.75 Å². The van der Waals surface area contributed by atoms with Gasteiger partial charge < -0.3 is 10.8 Å². The predicted molar refractivity (Wildman–Crippen MR) is 67.2 cm³/mol. The van der Waals surface area contributed by atoms with Gasteiger partial charge >= 0.3 is 0 Å². The van der Waals surface area contributed by atoms with Crippen LogP contribution in [0.1, 0.15) is 11.1 Å². The van der Waals surface area contributed by atoms with Gasteiger partial charge in [-0.05, 0) is 30.7 Å².